The van der Waals surface area contributed by atoms with Crippen molar-refractivity contribution >= 4 is 23.7 Å². The third kappa shape index (κ3) is 4.88. The monoisotopic (exact) mass is 420 g/mol. The molecule has 1 atom stereocenters. The van der Waals surface area contributed by atoms with Crippen LogP contribution in [-0.4, -0.2) is 41.7 Å². The van der Waals surface area contributed by atoms with Crippen LogP contribution in [0.2, 0.25) is 0 Å². The molecule has 0 bridgehead atoms. The SMILES string of the molecule is C=CCN1C(=O)c2ccc(C(=O)OCC(=O)N[C@H](CCC)c3ccccc3)cc2C1=O. The second-order valence-corrected chi connectivity index (χ2v) is 7.17. The summed E-state index contributed by atoms with van der Waals surface area (Å²) in [6, 6.07) is 13.6. The minimum absolute atomic E-state index is 0.0899. The number of ether oxygens (including phenoxy) is 1. The summed E-state index contributed by atoms with van der Waals surface area (Å²) in [5.74, 6) is -2.08. The highest BCUT2D eigenvalue weighted by Gasteiger charge is 2.35. The fraction of sp³-hybridized carbons (Fsp3) is 0.250. The lowest BCUT2D eigenvalue weighted by Crippen LogP contribution is -2.32. The number of imide groups is 1. The first-order chi connectivity index (χ1) is 15.0. The molecular weight excluding hydrogens is 396 g/mol. The van der Waals surface area contributed by atoms with E-state index in [1.165, 1.54) is 24.3 Å². The molecular formula is C24H24N2O5. The summed E-state index contributed by atoms with van der Waals surface area (Å²) in [7, 11) is 0. The second-order valence-electron chi connectivity index (χ2n) is 7.17. The van der Waals surface area contributed by atoms with E-state index in [1.807, 2.05) is 37.3 Å². The standard InChI is InChI=1S/C24H24N2O5/c1-3-8-20(16-9-6-5-7-10-16)25-21(27)15-31-24(30)17-11-12-18-19(14-17)23(29)26(13-4-2)22(18)28/h4-7,9-12,14,20H,2-3,8,13,15H2,1H3,(H,25,27)/t20-/m1/s1. The molecule has 31 heavy (non-hydrogen) atoms. The fourth-order valence-electron chi connectivity index (χ4n) is 3.46. The van der Waals surface area contributed by atoms with Gasteiger partial charge in [0, 0.05) is 6.54 Å². The highest BCUT2D eigenvalue weighted by atomic mass is 16.5. The Kier molecular flexibility index (Phi) is 6.97. The van der Waals surface area contributed by atoms with E-state index in [1.54, 1.807) is 0 Å². The average molecular weight is 420 g/mol. The first-order valence-electron chi connectivity index (χ1n) is 10.1. The van der Waals surface area contributed by atoms with Gasteiger partial charge in [0.1, 0.15) is 0 Å². The predicted octanol–water partition coefficient (Wildman–Crippen LogP) is 3.28. The van der Waals surface area contributed by atoms with E-state index >= 15 is 0 Å². The van der Waals surface area contributed by atoms with Gasteiger partial charge < -0.3 is 10.1 Å². The Balaban J connectivity index is 1.62. The number of benzene rings is 2. The number of amides is 3. The molecule has 160 valence electrons. The van der Waals surface area contributed by atoms with E-state index < -0.39 is 30.3 Å². The summed E-state index contributed by atoms with van der Waals surface area (Å²) in [6.45, 7) is 5.21. The molecule has 3 rings (SSSR count). The van der Waals surface area contributed by atoms with E-state index in [0.717, 1.165) is 23.3 Å². The Morgan fingerprint density at radius 2 is 1.81 bits per heavy atom. The van der Waals surface area contributed by atoms with Crippen molar-refractivity contribution in [2.75, 3.05) is 13.2 Å². The number of carbonyl (C=O) groups excluding carboxylic acids is 4. The molecule has 0 saturated carbocycles. The molecule has 0 aliphatic carbocycles. The number of nitrogens with zero attached hydrogens (tertiary/aromatic N) is 1. The molecule has 3 amide bonds. The third-order valence-electron chi connectivity index (χ3n) is 4.97. The van der Waals surface area contributed by atoms with Gasteiger partial charge in [-0.2, -0.15) is 0 Å². The molecule has 1 heterocycles. The van der Waals surface area contributed by atoms with Crippen LogP contribution in [0.25, 0.3) is 0 Å². The molecule has 0 fully saturated rings. The maximum Gasteiger partial charge on any atom is 0.338 e. The van der Waals surface area contributed by atoms with Gasteiger partial charge in [0.05, 0.1) is 22.7 Å². The van der Waals surface area contributed by atoms with E-state index in [0.29, 0.717) is 0 Å². The summed E-state index contributed by atoms with van der Waals surface area (Å²) in [4.78, 5) is 50.4. The van der Waals surface area contributed by atoms with Crippen LogP contribution in [0.15, 0.2) is 61.2 Å². The summed E-state index contributed by atoms with van der Waals surface area (Å²) in [6.07, 6.45) is 3.09. The normalized spacial score (nSPS) is 13.5. The van der Waals surface area contributed by atoms with Crippen LogP contribution in [-0.2, 0) is 9.53 Å². The molecule has 0 spiro atoms. The highest BCUT2D eigenvalue weighted by Crippen LogP contribution is 2.24. The lowest BCUT2D eigenvalue weighted by molar-refractivity contribution is -0.125. The van der Waals surface area contributed by atoms with Gasteiger partial charge in [-0.15, -0.1) is 6.58 Å². The number of hydrogen-bond donors (Lipinski definition) is 1. The molecule has 1 aliphatic rings. The van der Waals surface area contributed by atoms with Gasteiger partial charge in [0.25, 0.3) is 17.7 Å². The van der Waals surface area contributed by atoms with Gasteiger partial charge in [-0.25, -0.2) is 4.79 Å². The van der Waals surface area contributed by atoms with Gasteiger partial charge >= 0.3 is 5.97 Å². The number of fused-ring (bicyclic) bond motifs is 1. The van der Waals surface area contributed by atoms with E-state index in [2.05, 4.69) is 11.9 Å². The third-order valence-corrected chi connectivity index (χ3v) is 4.97. The minimum Gasteiger partial charge on any atom is -0.452 e. The molecule has 0 aromatic heterocycles. The number of nitrogens with one attached hydrogen (secondary N) is 1. The number of carbonyl (C=O) groups is 4. The molecule has 7 heteroatoms. The van der Waals surface area contributed by atoms with E-state index in [-0.39, 0.29) is 29.3 Å². The number of esters is 1. The van der Waals surface area contributed by atoms with Gasteiger partial charge in [-0.1, -0.05) is 49.8 Å². The molecule has 1 N–H and O–H groups in total. The maximum absolute atomic E-state index is 12.4. The van der Waals surface area contributed by atoms with Crippen molar-refractivity contribution < 1.29 is 23.9 Å². The molecule has 7 nitrogen and oxygen atoms in total. The van der Waals surface area contributed by atoms with E-state index in [9.17, 15) is 19.2 Å². The van der Waals surface area contributed by atoms with Crippen molar-refractivity contribution in [3.63, 3.8) is 0 Å². The van der Waals surface area contributed by atoms with Gasteiger partial charge in [-0.05, 0) is 30.2 Å². The Hall–Kier alpha value is -3.74. The predicted molar refractivity (Wildman–Crippen MR) is 115 cm³/mol. The first-order valence-corrected chi connectivity index (χ1v) is 10.1. The van der Waals surface area contributed by atoms with Crippen LogP contribution >= 0.6 is 0 Å². The molecule has 0 radical (unpaired) electrons. The lowest BCUT2D eigenvalue weighted by Gasteiger charge is -2.18. The number of rotatable bonds is 9. The fourth-order valence-corrected chi connectivity index (χ4v) is 3.46. The van der Waals surface area contributed by atoms with Crippen LogP contribution in [0, 0.1) is 0 Å². The minimum atomic E-state index is -0.743. The average Bonchev–Trinajstić information content (AvgIpc) is 3.02. The van der Waals surface area contributed by atoms with Crippen LogP contribution < -0.4 is 5.32 Å². The molecule has 1 aliphatic heterocycles. The Labute approximate surface area is 180 Å². The summed E-state index contributed by atoms with van der Waals surface area (Å²) in [5, 5.41) is 2.88. The zero-order valence-electron chi connectivity index (χ0n) is 17.3. The van der Waals surface area contributed by atoms with Crippen LogP contribution in [0.3, 0.4) is 0 Å². The quantitative estimate of drug-likeness (QED) is 0.382. The Bertz CT molecular complexity index is 1020. The Morgan fingerprint density at radius 1 is 1.10 bits per heavy atom. The van der Waals surface area contributed by atoms with Crippen molar-refractivity contribution in [1.29, 1.82) is 0 Å². The van der Waals surface area contributed by atoms with Crippen LogP contribution in [0.4, 0.5) is 0 Å². The van der Waals surface area contributed by atoms with Crippen molar-refractivity contribution in [2.24, 2.45) is 0 Å². The largest absolute Gasteiger partial charge is 0.452 e. The van der Waals surface area contributed by atoms with Crippen molar-refractivity contribution in [3.05, 3.63) is 83.4 Å². The van der Waals surface area contributed by atoms with Crippen LogP contribution in [0.5, 0.6) is 0 Å². The summed E-state index contributed by atoms with van der Waals surface area (Å²) in [5.41, 5.74) is 1.44. The number of hydrogen-bond acceptors (Lipinski definition) is 5. The molecule has 0 unspecified atom stereocenters. The molecule has 0 saturated heterocycles. The molecule has 2 aromatic carbocycles. The summed E-state index contributed by atoms with van der Waals surface area (Å²) >= 11 is 0. The smallest absolute Gasteiger partial charge is 0.338 e. The zero-order valence-corrected chi connectivity index (χ0v) is 17.3. The van der Waals surface area contributed by atoms with Gasteiger partial charge in [-0.3, -0.25) is 19.3 Å². The zero-order chi connectivity index (χ0) is 22.4. The highest BCUT2D eigenvalue weighted by molar-refractivity contribution is 6.22. The lowest BCUT2D eigenvalue weighted by atomic mass is 10.0. The van der Waals surface area contributed by atoms with E-state index in [4.69, 9.17) is 4.74 Å². The second kappa shape index (κ2) is 9.84. The molecule has 2 aromatic rings. The van der Waals surface area contributed by atoms with Crippen LogP contribution in [0.1, 0.15) is 62.4 Å². The topological polar surface area (TPSA) is 92.8 Å². The van der Waals surface area contributed by atoms with Gasteiger partial charge in [0.2, 0.25) is 0 Å². The summed E-state index contributed by atoms with van der Waals surface area (Å²) < 4.78 is 5.12. The Morgan fingerprint density at radius 3 is 2.48 bits per heavy atom. The first kappa shape index (κ1) is 22.0. The van der Waals surface area contributed by atoms with Crippen molar-refractivity contribution in [3.8, 4) is 0 Å². The maximum atomic E-state index is 12.4. The van der Waals surface area contributed by atoms with Crippen molar-refractivity contribution in [1.82, 2.24) is 10.2 Å². The van der Waals surface area contributed by atoms with Crippen molar-refractivity contribution in [2.45, 2.75) is 25.8 Å². The van der Waals surface area contributed by atoms with Gasteiger partial charge in [0.15, 0.2) is 6.61 Å².